The lowest BCUT2D eigenvalue weighted by Crippen LogP contribution is -2.29. The molecule has 142 valence electrons. The summed E-state index contributed by atoms with van der Waals surface area (Å²) in [6.07, 6.45) is 5.64. The van der Waals surface area contributed by atoms with Crippen LogP contribution in [0.1, 0.15) is 46.7 Å². The largest absolute Gasteiger partial charge is 0.465 e. The minimum Gasteiger partial charge on any atom is -0.465 e. The summed E-state index contributed by atoms with van der Waals surface area (Å²) < 4.78 is 4.84. The maximum absolute atomic E-state index is 11.8. The van der Waals surface area contributed by atoms with Crippen molar-refractivity contribution in [1.29, 1.82) is 0 Å². The quantitative estimate of drug-likeness (QED) is 0.700. The number of hydrogen-bond acceptors (Lipinski definition) is 3. The average molecular weight is 364 g/mol. The zero-order valence-electron chi connectivity index (χ0n) is 16.5. The molecule has 3 heteroatoms. The van der Waals surface area contributed by atoms with E-state index in [0.717, 1.165) is 24.9 Å². The molecule has 3 rings (SSSR count). The summed E-state index contributed by atoms with van der Waals surface area (Å²) >= 11 is 0. The van der Waals surface area contributed by atoms with Gasteiger partial charge < -0.3 is 9.64 Å². The van der Waals surface area contributed by atoms with Gasteiger partial charge in [-0.25, -0.2) is 4.79 Å². The Morgan fingerprint density at radius 1 is 1.15 bits per heavy atom. The summed E-state index contributed by atoms with van der Waals surface area (Å²) in [7, 11) is 5.74. The van der Waals surface area contributed by atoms with Crippen molar-refractivity contribution in [1.82, 2.24) is 4.90 Å². The van der Waals surface area contributed by atoms with Gasteiger partial charge in [0.2, 0.25) is 0 Å². The third-order valence-corrected chi connectivity index (χ3v) is 5.39. The van der Waals surface area contributed by atoms with Crippen LogP contribution in [-0.4, -0.2) is 38.6 Å². The van der Waals surface area contributed by atoms with Crippen molar-refractivity contribution >= 4 is 12.0 Å². The van der Waals surface area contributed by atoms with Gasteiger partial charge in [0.15, 0.2) is 0 Å². The number of carbonyl (C=O) groups excluding carboxylic acids is 1. The van der Waals surface area contributed by atoms with Gasteiger partial charge in [-0.15, -0.1) is 0 Å². The highest BCUT2D eigenvalue weighted by atomic mass is 16.5. The van der Waals surface area contributed by atoms with E-state index in [0.29, 0.717) is 17.4 Å². The van der Waals surface area contributed by atoms with Crippen molar-refractivity contribution in [2.75, 3.05) is 27.7 Å². The minimum absolute atomic E-state index is 0.285. The molecule has 1 saturated carbocycles. The molecular weight excluding hydrogens is 334 g/mol. The molecule has 0 N–H and O–H groups in total. The van der Waals surface area contributed by atoms with Crippen LogP contribution in [0.15, 0.2) is 60.2 Å². The van der Waals surface area contributed by atoms with Crippen LogP contribution in [0.3, 0.4) is 0 Å². The molecule has 2 unspecified atom stereocenters. The molecule has 27 heavy (non-hydrogen) atoms. The highest BCUT2D eigenvalue weighted by Gasteiger charge is 2.29. The minimum atomic E-state index is -0.285. The van der Waals surface area contributed by atoms with E-state index >= 15 is 0 Å². The van der Waals surface area contributed by atoms with E-state index in [1.165, 1.54) is 24.7 Å². The number of methoxy groups -OCH3 is 1. The van der Waals surface area contributed by atoms with Crippen LogP contribution in [0, 0.1) is 5.92 Å². The number of benzene rings is 2. The molecule has 0 aromatic heterocycles. The summed E-state index contributed by atoms with van der Waals surface area (Å²) in [5.41, 5.74) is 4.57. The Hall–Kier alpha value is -2.39. The van der Waals surface area contributed by atoms with Gasteiger partial charge in [-0.3, -0.25) is 0 Å². The monoisotopic (exact) mass is 363 g/mol. The molecule has 0 radical (unpaired) electrons. The molecule has 3 nitrogen and oxygen atoms in total. The maximum Gasteiger partial charge on any atom is 0.337 e. The molecule has 1 aliphatic carbocycles. The Bertz CT molecular complexity index is 795. The van der Waals surface area contributed by atoms with Gasteiger partial charge in [0, 0.05) is 6.54 Å². The second kappa shape index (κ2) is 9.01. The van der Waals surface area contributed by atoms with Crippen molar-refractivity contribution in [3.8, 4) is 0 Å². The van der Waals surface area contributed by atoms with Gasteiger partial charge in [0.1, 0.15) is 0 Å². The molecule has 2 aromatic carbocycles. The molecule has 2 atom stereocenters. The highest BCUT2D eigenvalue weighted by Crippen LogP contribution is 2.41. The van der Waals surface area contributed by atoms with Crippen LogP contribution in [0.25, 0.3) is 6.08 Å². The third-order valence-electron chi connectivity index (χ3n) is 5.39. The fraction of sp³-hybridized carbons (Fsp3) is 0.375. The van der Waals surface area contributed by atoms with E-state index in [4.69, 9.17) is 4.74 Å². The highest BCUT2D eigenvalue weighted by molar-refractivity contribution is 5.90. The van der Waals surface area contributed by atoms with Gasteiger partial charge in [0.25, 0.3) is 0 Å². The second-order valence-corrected chi connectivity index (χ2v) is 7.70. The number of rotatable bonds is 5. The Labute approximate surface area is 162 Å². The molecule has 0 aliphatic heterocycles. The van der Waals surface area contributed by atoms with Crippen molar-refractivity contribution in [2.45, 2.75) is 25.2 Å². The van der Waals surface area contributed by atoms with Crippen LogP contribution in [-0.2, 0) is 4.74 Å². The Morgan fingerprint density at radius 2 is 1.93 bits per heavy atom. The SMILES string of the molecule is COC(=O)c1cccc(/C=C2/CCC(CN(C)C)C(c3ccccc3)C2)c1. The zero-order valence-corrected chi connectivity index (χ0v) is 16.5. The van der Waals surface area contributed by atoms with Crippen LogP contribution in [0.4, 0.5) is 0 Å². The van der Waals surface area contributed by atoms with Crippen LogP contribution >= 0.6 is 0 Å². The molecule has 2 aromatic rings. The van der Waals surface area contributed by atoms with Crippen LogP contribution in [0.5, 0.6) is 0 Å². The van der Waals surface area contributed by atoms with Crippen LogP contribution < -0.4 is 0 Å². The first-order chi connectivity index (χ1) is 13.1. The molecule has 0 bridgehead atoms. The summed E-state index contributed by atoms with van der Waals surface area (Å²) in [5.74, 6) is 0.922. The zero-order chi connectivity index (χ0) is 19.2. The van der Waals surface area contributed by atoms with Gasteiger partial charge in [-0.05, 0) is 68.5 Å². The first-order valence-electron chi connectivity index (χ1n) is 9.64. The first kappa shape index (κ1) is 19.4. The molecule has 0 saturated heterocycles. The molecular formula is C24H29NO2. The van der Waals surface area contributed by atoms with E-state index in [9.17, 15) is 4.79 Å². The molecule has 0 amide bonds. The fourth-order valence-electron chi connectivity index (χ4n) is 4.14. The maximum atomic E-state index is 11.8. The number of nitrogens with zero attached hydrogens (tertiary/aromatic N) is 1. The van der Waals surface area contributed by atoms with Gasteiger partial charge in [-0.1, -0.05) is 54.1 Å². The van der Waals surface area contributed by atoms with E-state index in [1.807, 2.05) is 12.1 Å². The third kappa shape index (κ3) is 5.08. The molecule has 1 aliphatic rings. The molecule has 1 fully saturated rings. The average Bonchev–Trinajstić information content (AvgIpc) is 2.69. The van der Waals surface area contributed by atoms with Gasteiger partial charge in [0.05, 0.1) is 12.7 Å². The summed E-state index contributed by atoms with van der Waals surface area (Å²) in [6, 6.07) is 18.6. The molecule has 0 spiro atoms. The van der Waals surface area contributed by atoms with E-state index < -0.39 is 0 Å². The van der Waals surface area contributed by atoms with Crippen LogP contribution in [0.2, 0.25) is 0 Å². The van der Waals surface area contributed by atoms with Gasteiger partial charge >= 0.3 is 5.97 Å². The summed E-state index contributed by atoms with van der Waals surface area (Å²) in [5, 5.41) is 0. The predicted octanol–water partition coefficient (Wildman–Crippen LogP) is 5.00. The number of allylic oxidation sites excluding steroid dienone is 1. The lowest BCUT2D eigenvalue weighted by Gasteiger charge is -2.35. The first-order valence-corrected chi connectivity index (χ1v) is 9.64. The number of hydrogen-bond donors (Lipinski definition) is 0. The Morgan fingerprint density at radius 3 is 2.63 bits per heavy atom. The normalized spacial score (nSPS) is 21.4. The predicted molar refractivity (Wildman–Crippen MR) is 111 cm³/mol. The van der Waals surface area contributed by atoms with E-state index in [-0.39, 0.29) is 5.97 Å². The fourth-order valence-corrected chi connectivity index (χ4v) is 4.14. The second-order valence-electron chi connectivity index (χ2n) is 7.70. The Kier molecular flexibility index (Phi) is 6.46. The Balaban J connectivity index is 1.84. The lowest BCUT2D eigenvalue weighted by molar-refractivity contribution is 0.0600. The van der Waals surface area contributed by atoms with Crippen molar-refractivity contribution in [3.05, 3.63) is 76.9 Å². The summed E-state index contributed by atoms with van der Waals surface area (Å²) in [6.45, 7) is 1.12. The molecule has 0 heterocycles. The number of ether oxygens (including phenoxy) is 1. The topological polar surface area (TPSA) is 29.5 Å². The van der Waals surface area contributed by atoms with E-state index in [2.05, 4.69) is 61.5 Å². The van der Waals surface area contributed by atoms with E-state index in [1.54, 1.807) is 6.07 Å². The number of carbonyl (C=O) groups is 1. The van der Waals surface area contributed by atoms with Gasteiger partial charge in [-0.2, -0.15) is 0 Å². The standard InChI is InChI=1S/C24H29NO2/c1-25(2)17-22-13-12-19(16-23(22)20-9-5-4-6-10-20)14-18-8-7-11-21(15-18)24(26)27-3/h4-11,14-15,22-23H,12-13,16-17H2,1-3H3/b19-14-. The number of esters is 1. The lowest BCUT2D eigenvalue weighted by atomic mass is 9.73. The summed E-state index contributed by atoms with van der Waals surface area (Å²) in [4.78, 5) is 14.1. The van der Waals surface area contributed by atoms with Crippen molar-refractivity contribution in [3.63, 3.8) is 0 Å². The van der Waals surface area contributed by atoms with Crippen molar-refractivity contribution in [2.24, 2.45) is 5.92 Å². The smallest absolute Gasteiger partial charge is 0.337 e. The van der Waals surface area contributed by atoms with Crippen molar-refractivity contribution < 1.29 is 9.53 Å².